The van der Waals surface area contributed by atoms with E-state index in [-0.39, 0.29) is 20.9 Å². The van der Waals surface area contributed by atoms with E-state index in [0.29, 0.717) is 18.9 Å². The summed E-state index contributed by atoms with van der Waals surface area (Å²) in [4.78, 5) is -0.0136. The summed E-state index contributed by atoms with van der Waals surface area (Å²) in [5, 5.41) is 9.09. The third kappa shape index (κ3) is 2.78. The number of rotatable bonds is 4. The molecule has 0 aliphatic heterocycles. The van der Waals surface area contributed by atoms with Crippen LogP contribution < -0.4 is 4.74 Å². The molecule has 4 nitrogen and oxygen atoms in total. The van der Waals surface area contributed by atoms with Crippen LogP contribution in [0.3, 0.4) is 0 Å². The number of ether oxygens (including phenoxy) is 1. The van der Waals surface area contributed by atoms with Crippen molar-refractivity contribution in [3.63, 3.8) is 0 Å². The lowest BCUT2D eigenvalue weighted by molar-refractivity contribution is 0.435. The average Bonchev–Trinajstić information content (AvgIpc) is 3.33. The Morgan fingerprint density at radius 2 is 1.79 bits per heavy atom. The molecule has 1 saturated carbocycles. The minimum Gasteiger partial charge on any atom is -0.453 e. The van der Waals surface area contributed by atoms with Gasteiger partial charge in [-0.3, -0.25) is 0 Å². The molecule has 124 valence electrons. The van der Waals surface area contributed by atoms with E-state index in [2.05, 4.69) is 15.9 Å². The van der Waals surface area contributed by atoms with Gasteiger partial charge in [-0.1, -0.05) is 0 Å². The van der Waals surface area contributed by atoms with Crippen LogP contribution in [0, 0.1) is 23.0 Å². The molecule has 0 bridgehead atoms. The van der Waals surface area contributed by atoms with Crippen molar-refractivity contribution in [2.75, 3.05) is 0 Å². The molecule has 0 aromatic heterocycles. The smallest absolute Gasteiger partial charge is 0.197 e. The molecule has 0 heterocycles. The highest BCUT2D eigenvalue weighted by Crippen LogP contribution is 2.47. The van der Waals surface area contributed by atoms with Gasteiger partial charge < -0.3 is 4.74 Å². The molecule has 0 unspecified atom stereocenters. The van der Waals surface area contributed by atoms with Crippen molar-refractivity contribution >= 4 is 25.8 Å². The first-order chi connectivity index (χ1) is 11.3. The first kappa shape index (κ1) is 16.9. The summed E-state index contributed by atoms with van der Waals surface area (Å²) >= 11 is 3.18. The van der Waals surface area contributed by atoms with Crippen LogP contribution in [0.2, 0.25) is 0 Å². The Hall–Kier alpha value is -1.98. The predicted octanol–water partition coefficient (Wildman–Crippen LogP) is 4.35. The number of hydrogen-bond donors (Lipinski definition) is 0. The van der Waals surface area contributed by atoms with Crippen molar-refractivity contribution in [3.8, 4) is 17.6 Å². The lowest BCUT2D eigenvalue weighted by atomic mass is 10.3. The second kappa shape index (κ2) is 5.83. The molecule has 3 rings (SSSR count). The van der Waals surface area contributed by atoms with Crippen molar-refractivity contribution in [1.29, 1.82) is 5.26 Å². The van der Waals surface area contributed by atoms with Gasteiger partial charge in [-0.2, -0.15) is 5.26 Å². The number of sulfone groups is 1. The zero-order chi connectivity index (χ0) is 17.5. The third-order valence-electron chi connectivity index (χ3n) is 3.75. The predicted molar refractivity (Wildman–Crippen MR) is 85.3 cm³/mol. The van der Waals surface area contributed by atoms with Crippen LogP contribution in [0.15, 0.2) is 45.8 Å². The molecule has 1 aliphatic rings. The van der Waals surface area contributed by atoms with Crippen LogP contribution in [0.4, 0.5) is 8.78 Å². The molecule has 0 saturated heterocycles. The molecule has 0 atom stereocenters. The summed E-state index contributed by atoms with van der Waals surface area (Å²) < 4.78 is 55.8. The molecule has 2 aromatic rings. The molecule has 1 fully saturated rings. The van der Waals surface area contributed by atoms with Gasteiger partial charge in [-0.15, -0.1) is 0 Å². The number of nitriles is 1. The number of nitrogens with zero attached hydrogens (tertiary/aromatic N) is 1. The van der Waals surface area contributed by atoms with Crippen LogP contribution in [-0.2, 0) is 9.84 Å². The van der Waals surface area contributed by atoms with Crippen LogP contribution in [0.5, 0.6) is 11.5 Å². The van der Waals surface area contributed by atoms with Gasteiger partial charge in [0.05, 0.1) is 15.4 Å². The topological polar surface area (TPSA) is 67.2 Å². The fourth-order valence-electron chi connectivity index (χ4n) is 2.19. The minimum absolute atomic E-state index is 0.0136. The van der Waals surface area contributed by atoms with Crippen LogP contribution in [-0.4, -0.2) is 13.2 Å². The maximum Gasteiger partial charge on any atom is 0.197 e. The van der Waals surface area contributed by atoms with Gasteiger partial charge in [0.15, 0.2) is 26.2 Å². The average molecular weight is 414 g/mol. The van der Waals surface area contributed by atoms with E-state index < -0.39 is 26.2 Å². The van der Waals surface area contributed by atoms with Crippen LogP contribution in [0.1, 0.15) is 12.8 Å². The summed E-state index contributed by atoms with van der Waals surface area (Å²) in [6.07, 6.45) is 0.616. The summed E-state index contributed by atoms with van der Waals surface area (Å²) in [5.74, 6) is -1.63. The van der Waals surface area contributed by atoms with Crippen molar-refractivity contribution in [1.82, 2.24) is 0 Å². The highest BCUT2D eigenvalue weighted by molar-refractivity contribution is 9.10. The summed E-state index contributed by atoms with van der Waals surface area (Å²) in [6.45, 7) is 0. The van der Waals surface area contributed by atoms with E-state index in [1.807, 2.05) is 6.07 Å². The van der Waals surface area contributed by atoms with Gasteiger partial charge >= 0.3 is 0 Å². The van der Waals surface area contributed by atoms with E-state index >= 15 is 0 Å². The summed E-state index contributed by atoms with van der Waals surface area (Å²) in [7, 11) is -3.77. The number of benzene rings is 2. The fraction of sp³-hybridized carbons (Fsp3) is 0.188. The lowest BCUT2D eigenvalue weighted by Crippen LogP contribution is -2.21. The van der Waals surface area contributed by atoms with Crippen molar-refractivity contribution < 1.29 is 21.9 Å². The van der Waals surface area contributed by atoms with Crippen molar-refractivity contribution in [2.24, 2.45) is 0 Å². The molecular weight excluding hydrogens is 404 g/mol. The first-order valence-electron chi connectivity index (χ1n) is 6.87. The van der Waals surface area contributed by atoms with Gasteiger partial charge in [0, 0.05) is 6.07 Å². The first-order valence-corrected chi connectivity index (χ1v) is 9.15. The molecule has 0 N–H and O–H groups in total. The molecule has 0 amide bonds. The number of halogens is 3. The fourth-order valence-corrected chi connectivity index (χ4v) is 4.53. The van der Waals surface area contributed by atoms with Gasteiger partial charge in [0.25, 0.3) is 0 Å². The lowest BCUT2D eigenvalue weighted by Gasteiger charge is -2.12. The maximum absolute atomic E-state index is 13.6. The van der Waals surface area contributed by atoms with E-state index in [1.54, 1.807) is 0 Å². The van der Waals surface area contributed by atoms with E-state index in [1.165, 1.54) is 18.2 Å². The Morgan fingerprint density at radius 1 is 1.12 bits per heavy atom. The second-order valence-corrected chi connectivity index (χ2v) is 8.49. The maximum atomic E-state index is 13.6. The molecule has 8 heteroatoms. The summed E-state index contributed by atoms with van der Waals surface area (Å²) in [5.41, 5.74) is 0. The minimum atomic E-state index is -3.77. The highest BCUT2D eigenvalue weighted by Gasteiger charge is 2.56. The second-order valence-electron chi connectivity index (χ2n) is 5.38. The van der Waals surface area contributed by atoms with Crippen molar-refractivity contribution in [2.45, 2.75) is 22.5 Å². The zero-order valence-electron chi connectivity index (χ0n) is 12.1. The van der Waals surface area contributed by atoms with E-state index in [4.69, 9.17) is 10.00 Å². The Morgan fingerprint density at radius 3 is 2.33 bits per heavy atom. The Labute approximate surface area is 145 Å². The zero-order valence-corrected chi connectivity index (χ0v) is 14.5. The van der Waals surface area contributed by atoms with E-state index in [9.17, 15) is 17.2 Å². The molecular formula is C16H10BrF2NO3S. The SMILES string of the molecule is N#CC1(S(=O)(=O)c2ccc(Oc3ccc(F)cc3F)c(Br)c2)CC1. The Bertz CT molecular complexity index is 966. The molecule has 1 aliphatic carbocycles. The van der Waals surface area contributed by atoms with Crippen LogP contribution >= 0.6 is 15.9 Å². The largest absolute Gasteiger partial charge is 0.453 e. The van der Waals surface area contributed by atoms with Gasteiger partial charge in [-0.25, -0.2) is 17.2 Å². The third-order valence-corrected chi connectivity index (χ3v) is 6.77. The molecule has 24 heavy (non-hydrogen) atoms. The molecule has 2 aromatic carbocycles. The monoisotopic (exact) mass is 413 g/mol. The molecule has 0 radical (unpaired) electrons. The standard InChI is InChI=1S/C16H10BrF2NO3S/c17-12-8-11(24(21,22)16(9-20)5-6-16)2-4-14(12)23-15-3-1-10(18)7-13(15)19/h1-4,7-8H,5-6H2. The van der Waals surface area contributed by atoms with E-state index in [0.717, 1.165) is 12.1 Å². The highest BCUT2D eigenvalue weighted by atomic mass is 79.9. The number of hydrogen-bond acceptors (Lipinski definition) is 4. The van der Waals surface area contributed by atoms with Crippen molar-refractivity contribution in [3.05, 3.63) is 52.5 Å². The summed E-state index contributed by atoms with van der Waals surface area (Å²) in [6, 6.07) is 8.69. The van der Waals surface area contributed by atoms with Gasteiger partial charge in [0.1, 0.15) is 11.6 Å². The normalized spacial score (nSPS) is 15.6. The Kier molecular flexibility index (Phi) is 4.10. The van der Waals surface area contributed by atoms with Gasteiger partial charge in [-0.05, 0) is 59.1 Å². The molecule has 0 spiro atoms. The quantitative estimate of drug-likeness (QED) is 0.746. The van der Waals surface area contributed by atoms with Crippen LogP contribution in [0.25, 0.3) is 0 Å². The Balaban J connectivity index is 1.92. The van der Waals surface area contributed by atoms with Gasteiger partial charge in [0.2, 0.25) is 0 Å².